The van der Waals surface area contributed by atoms with Gasteiger partial charge in [-0.05, 0) is 50.4 Å². The van der Waals surface area contributed by atoms with Crippen LogP contribution in [-0.2, 0) is 6.54 Å². The molecule has 0 saturated heterocycles. The van der Waals surface area contributed by atoms with Gasteiger partial charge in [0.05, 0.1) is 5.69 Å². The molecule has 1 aromatic rings. The highest BCUT2D eigenvalue weighted by atomic mass is 15.1. The van der Waals surface area contributed by atoms with Crippen molar-refractivity contribution in [2.75, 3.05) is 26.2 Å². The first kappa shape index (κ1) is 18.1. The van der Waals surface area contributed by atoms with Crippen molar-refractivity contribution in [3.05, 3.63) is 29.6 Å². The quantitative estimate of drug-likeness (QED) is 0.713. The normalized spacial score (nSPS) is 12.1. The molecule has 21 heavy (non-hydrogen) atoms. The molecule has 0 spiro atoms. The molecule has 0 atom stereocenters. The van der Waals surface area contributed by atoms with Crippen LogP contribution in [0.3, 0.4) is 0 Å². The van der Waals surface area contributed by atoms with Gasteiger partial charge in [-0.1, -0.05) is 33.8 Å². The van der Waals surface area contributed by atoms with Gasteiger partial charge >= 0.3 is 0 Å². The molecule has 0 unspecified atom stereocenters. The van der Waals surface area contributed by atoms with Crippen molar-refractivity contribution in [1.29, 1.82) is 0 Å². The van der Waals surface area contributed by atoms with Crippen LogP contribution in [0.4, 0.5) is 0 Å². The Bertz CT molecular complexity index is 399. The van der Waals surface area contributed by atoms with Gasteiger partial charge < -0.3 is 5.32 Å². The number of pyridine rings is 1. The zero-order valence-electron chi connectivity index (χ0n) is 14.6. The molecule has 3 nitrogen and oxygen atoms in total. The van der Waals surface area contributed by atoms with Crippen LogP contribution in [0.1, 0.15) is 51.9 Å². The van der Waals surface area contributed by atoms with Gasteiger partial charge in [-0.15, -0.1) is 0 Å². The van der Waals surface area contributed by atoms with Gasteiger partial charge in [0, 0.05) is 25.3 Å². The zero-order chi connectivity index (χ0) is 15.7. The Hall–Kier alpha value is -0.930. The van der Waals surface area contributed by atoms with Gasteiger partial charge in [-0.2, -0.15) is 0 Å². The van der Waals surface area contributed by atoms with Crippen molar-refractivity contribution in [2.45, 2.75) is 54.0 Å². The van der Waals surface area contributed by atoms with Crippen molar-refractivity contribution >= 4 is 0 Å². The third-order valence-corrected chi connectivity index (χ3v) is 4.59. The minimum atomic E-state index is 0.371. The second-order valence-electron chi connectivity index (χ2n) is 6.06. The lowest BCUT2D eigenvalue weighted by molar-refractivity contribution is 0.133. The third kappa shape index (κ3) is 5.76. The number of aromatic nitrogens is 1. The van der Waals surface area contributed by atoms with Gasteiger partial charge in [-0.25, -0.2) is 0 Å². The lowest BCUT2D eigenvalue weighted by Crippen LogP contribution is -2.43. The number of rotatable bonds is 10. The maximum Gasteiger partial charge on any atom is 0.0547 e. The first-order valence-electron chi connectivity index (χ1n) is 8.44. The molecule has 1 aromatic heterocycles. The highest BCUT2D eigenvalue weighted by Gasteiger charge is 2.28. The Kier molecular flexibility index (Phi) is 7.91. The van der Waals surface area contributed by atoms with Crippen LogP contribution in [0.25, 0.3) is 0 Å². The van der Waals surface area contributed by atoms with Crippen LogP contribution in [0.5, 0.6) is 0 Å². The van der Waals surface area contributed by atoms with E-state index >= 15 is 0 Å². The summed E-state index contributed by atoms with van der Waals surface area (Å²) in [5.41, 5.74) is 2.66. The van der Waals surface area contributed by atoms with Crippen LogP contribution in [-0.4, -0.2) is 36.1 Å². The molecule has 0 aliphatic rings. The Labute approximate surface area is 131 Å². The Morgan fingerprint density at radius 1 is 1.14 bits per heavy atom. The molecule has 0 fully saturated rings. The first-order chi connectivity index (χ1) is 10.1. The summed E-state index contributed by atoms with van der Waals surface area (Å²) in [4.78, 5) is 7.18. The first-order valence-corrected chi connectivity index (χ1v) is 8.44. The standard InChI is InChI=1S/C18H33N3/c1-6-18(7-2,14-19-8-3)15-21(9-4)13-17-12-10-11-16(5)20-17/h10-12,19H,6-9,13-15H2,1-5H3. The molecule has 0 amide bonds. The molecule has 0 saturated carbocycles. The summed E-state index contributed by atoms with van der Waals surface area (Å²) in [5, 5.41) is 3.55. The van der Waals surface area contributed by atoms with Crippen LogP contribution < -0.4 is 5.32 Å². The van der Waals surface area contributed by atoms with Gasteiger partial charge in [0.2, 0.25) is 0 Å². The van der Waals surface area contributed by atoms with E-state index in [1.807, 2.05) is 0 Å². The Morgan fingerprint density at radius 2 is 1.86 bits per heavy atom. The minimum absolute atomic E-state index is 0.371. The van der Waals surface area contributed by atoms with Crippen LogP contribution in [0, 0.1) is 12.3 Å². The second kappa shape index (κ2) is 9.16. The maximum atomic E-state index is 4.65. The molecular formula is C18H33N3. The van der Waals surface area contributed by atoms with E-state index in [2.05, 4.69) is 68.0 Å². The molecule has 120 valence electrons. The predicted molar refractivity (Wildman–Crippen MR) is 91.5 cm³/mol. The molecule has 1 rings (SSSR count). The van der Waals surface area contributed by atoms with Crippen molar-refractivity contribution in [3.8, 4) is 0 Å². The second-order valence-corrected chi connectivity index (χ2v) is 6.06. The van der Waals surface area contributed by atoms with Crippen molar-refractivity contribution in [3.63, 3.8) is 0 Å². The molecule has 0 aliphatic carbocycles. The maximum absolute atomic E-state index is 4.65. The average molecular weight is 291 g/mol. The van der Waals surface area contributed by atoms with E-state index in [1.165, 1.54) is 18.5 Å². The van der Waals surface area contributed by atoms with E-state index in [0.29, 0.717) is 5.41 Å². The Balaban J connectivity index is 2.73. The molecule has 0 bridgehead atoms. The molecule has 3 heteroatoms. The number of aryl methyl sites for hydroxylation is 1. The van der Waals surface area contributed by atoms with E-state index in [9.17, 15) is 0 Å². The molecule has 0 aromatic carbocycles. The van der Waals surface area contributed by atoms with Gasteiger partial charge in [0.25, 0.3) is 0 Å². The summed E-state index contributed by atoms with van der Waals surface area (Å²) in [6.07, 6.45) is 2.43. The summed E-state index contributed by atoms with van der Waals surface area (Å²) in [6.45, 7) is 16.5. The SMILES string of the molecule is CCNCC(CC)(CC)CN(CC)Cc1cccc(C)n1. The fourth-order valence-electron chi connectivity index (χ4n) is 2.84. The molecule has 1 N–H and O–H groups in total. The fourth-order valence-corrected chi connectivity index (χ4v) is 2.84. The Morgan fingerprint density at radius 3 is 2.38 bits per heavy atom. The number of nitrogens with one attached hydrogen (secondary N) is 1. The lowest BCUT2D eigenvalue weighted by atomic mass is 9.81. The van der Waals surface area contributed by atoms with E-state index in [4.69, 9.17) is 0 Å². The highest BCUT2D eigenvalue weighted by molar-refractivity contribution is 5.09. The molecule has 1 heterocycles. The van der Waals surface area contributed by atoms with E-state index in [0.717, 1.165) is 38.4 Å². The van der Waals surface area contributed by atoms with Crippen LogP contribution in [0.15, 0.2) is 18.2 Å². The van der Waals surface area contributed by atoms with Gasteiger partial charge in [0.1, 0.15) is 0 Å². The summed E-state index contributed by atoms with van der Waals surface area (Å²) in [5.74, 6) is 0. The van der Waals surface area contributed by atoms with Crippen molar-refractivity contribution in [1.82, 2.24) is 15.2 Å². The summed E-state index contributed by atoms with van der Waals surface area (Å²) in [6, 6.07) is 6.31. The number of hydrogen-bond donors (Lipinski definition) is 1. The van der Waals surface area contributed by atoms with Crippen LogP contribution >= 0.6 is 0 Å². The molecule has 0 radical (unpaired) electrons. The largest absolute Gasteiger partial charge is 0.316 e. The topological polar surface area (TPSA) is 28.2 Å². The fraction of sp³-hybridized carbons (Fsp3) is 0.722. The zero-order valence-corrected chi connectivity index (χ0v) is 14.6. The third-order valence-electron chi connectivity index (χ3n) is 4.59. The molecular weight excluding hydrogens is 258 g/mol. The highest BCUT2D eigenvalue weighted by Crippen LogP contribution is 2.27. The molecule has 0 aliphatic heterocycles. The van der Waals surface area contributed by atoms with E-state index < -0.39 is 0 Å². The van der Waals surface area contributed by atoms with Gasteiger partial charge in [-0.3, -0.25) is 9.88 Å². The lowest BCUT2D eigenvalue weighted by Gasteiger charge is -2.37. The summed E-state index contributed by atoms with van der Waals surface area (Å²) in [7, 11) is 0. The van der Waals surface area contributed by atoms with Gasteiger partial charge in [0.15, 0.2) is 0 Å². The van der Waals surface area contributed by atoms with E-state index in [1.54, 1.807) is 0 Å². The van der Waals surface area contributed by atoms with Crippen molar-refractivity contribution < 1.29 is 0 Å². The number of hydrogen-bond acceptors (Lipinski definition) is 3. The minimum Gasteiger partial charge on any atom is -0.316 e. The predicted octanol–water partition coefficient (Wildman–Crippen LogP) is 3.63. The summed E-state index contributed by atoms with van der Waals surface area (Å²) < 4.78 is 0. The summed E-state index contributed by atoms with van der Waals surface area (Å²) >= 11 is 0. The monoisotopic (exact) mass is 291 g/mol. The van der Waals surface area contributed by atoms with E-state index in [-0.39, 0.29) is 0 Å². The van der Waals surface area contributed by atoms with Crippen molar-refractivity contribution in [2.24, 2.45) is 5.41 Å². The van der Waals surface area contributed by atoms with Crippen LogP contribution in [0.2, 0.25) is 0 Å². The average Bonchev–Trinajstić information content (AvgIpc) is 2.50. The smallest absolute Gasteiger partial charge is 0.0547 e. The number of nitrogens with zero attached hydrogens (tertiary/aromatic N) is 2.